The normalized spacial score (nSPS) is 11.1. The van der Waals surface area contributed by atoms with Crippen molar-refractivity contribution in [1.82, 2.24) is 5.32 Å². The average Bonchev–Trinajstić information content (AvgIpc) is 2.51. The van der Waals surface area contributed by atoms with E-state index in [0.717, 1.165) is 24.3 Å². The first-order valence-corrected chi connectivity index (χ1v) is 6.70. The second kappa shape index (κ2) is 7.13. The molecule has 0 bridgehead atoms. The number of carbonyl (C=O) groups is 1. The van der Waals surface area contributed by atoms with Crippen LogP contribution in [0.4, 0.5) is 17.6 Å². The monoisotopic (exact) mass is 327 g/mol. The topological polar surface area (TPSA) is 38.3 Å². The molecule has 0 aliphatic carbocycles. The molecule has 2 aromatic carbocycles. The van der Waals surface area contributed by atoms with Crippen molar-refractivity contribution in [2.75, 3.05) is 13.2 Å². The molecule has 0 radical (unpaired) electrons. The van der Waals surface area contributed by atoms with Gasteiger partial charge in [-0.25, -0.2) is 4.39 Å². The van der Waals surface area contributed by atoms with Crippen molar-refractivity contribution in [3.05, 3.63) is 65.5 Å². The quantitative estimate of drug-likeness (QED) is 0.672. The van der Waals surface area contributed by atoms with Gasteiger partial charge in [-0.05, 0) is 42.5 Å². The number of hydrogen-bond donors (Lipinski definition) is 1. The minimum absolute atomic E-state index is 0.00818. The van der Waals surface area contributed by atoms with Crippen LogP contribution in [0.25, 0.3) is 0 Å². The summed E-state index contributed by atoms with van der Waals surface area (Å²) in [5.41, 5.74) is -0.518. The summed E-state index contributed by atoms with van der Waals surface area (Å²) in [6, 6.07) is 9.47. The molecule has 2 aromatic rings. The first-order chi connectivity index (χ1) is 10.9. The number of alkyl halides is 3. The molecular formula is C16H13F4NO2. The molecule has 0 aromatic heterocycles. The maximum Gasteiger partial charge on any atom is 0.416 e. The van der Waals surface area contributed by atoms with Gasteiger partial charge in [0.2, 0.25) is 0 Å². The van der Waals surface area contributed by atoms with E-state index in [9.17, 15) is 22.4 Å². The fraction of sp³-hybridized carbons (Fsp3) is 0.188. The number of benzene rings is 2. The zero-order valence-electron chi connectivity index (χ0n) is 11.9. The lowest BCUT2D eigenvalue weighted by Gasteiger charge is -2.10. The Bertz CT molecular complexity index is 669. The Balaban J connectivity index is 1.81. The number of amides is 1. The van der Waals surface area contributed by atoms with E-state index in [1.807, 2.05) is 0 Å². The minimum Gasteiger partial charge on any atom is -0.492 e. The lowest BCUT2D eigenvalue weighted by atomic mass is 10.2. The SMILES string of the molecule is O=C(NCCOc1cccc(C(F)(F)F)c1)c1ccc(F)cc1. The van der Waals surface area contributed by atoms with Crippen LogP contribution >= 0.6 is 0 Å². The van der Waals surface area contributed by atoms with Crippen molar-refractivity contribution in [1.29, 1.82) is 0 Å². The number of halogens is 4. The lowest BCUT2D eigenvalue weighted by Crippen LogP contribution is -2.28. The number of carbonyl (C=O) groups excluding carboxylic acids is 1. The Morgan fingerprint density at radius 1 is 1.09 bits per heavy atom. The molecule has 23 heavy (non-hydrogen) atoms. The van der Waals surface area contributed by atoms with Crippen LogP contribution in [0, 0.1) is 5.82 Å². The van der Waals surface area contributed by atoms with E-state index < -0.39 is 23.5 Å². The molecule has 0 saturated heterocycles. The van der Waals surface area contributed by atoms with Gasteiger partial charge in [0.05, 0.1) is 12.1 Å². The van der Waals surface area contributed by atoms with E-state index in [-0.39, 0.29) is 24.5 Å². The van der Waals surface area contributed by atoms with Crippen LogP contribution in [-0.2, 0) is 6.18 Å². The highest BCUT2D eigenvalue weighted by molar-refractivity contribution is 5.94. The van der Waals surface area contributed by atoms with E-state index in [4.69, 9.17) is 4.74 Å². The smallest absolute Gasteiger partial charge is 0.416 e. The third-order valence-electron chi connectivity index (χ3n) is 2.92. The first kappa shape index (κ1) is 16.8. The van der Waals surface area contributed by atoms with E-state index in [1.165, 1.54) is 24.3 Å². The van der Waals surface area contributed by atoms with Gasteiger partial charge in [0.25, 0.3) is 5.91 Å². The maximum atomic E-state index is 12.7. The van der Waals surface area contributed by atoms with Crippen molar-refractivity contribution in [3.63, 3.8) is 0 Å². The number of nitrogens with one attached hydrogen (secondary N) is 1. The average molecular weight is 327 g/mol. The molecule has 7 heteroatoms. The van der Waals surface area contributed by atoms with Gasteiger partial charge in [-0.2, -0.15) is 13.2 Å². The summed E-state index contributed by atoms with van der Waals surface area (Å²) in [5, 5.41) is 2.52. The predicted molar refractivity (Wildman–Crippen MR) is 75.7 cm³/mol. The fourth-order valence-corrected chi connectivity index (χ4v) is 1.80. The van der Waals surface area contributed by atoms with Crippen molar-refractivity contribution < 1.29 is 27.1 Å². The first-order valence-electron chi connectivity index (χ1n) is 6.70. The molecule has 0 saturated carbocycles. The molecule has 0 aliphatic rings. The molecule has 0 spiro atoms. The molecule has 1 N–H and O–H groups in total. The molecule has 122 valence electrons. The highest BCUT2D eigenvalue weighted by Crippen LogP contribution is 2.31. The van der Waals surface area contributed by atoms with Crippen molar-refractivity contribution in [3.8, 4) is 5.75 Å². The van der Waals surface area contributed by atoms with Gasteiger partial charge in [0.1, 0.15) is 18.2 Å². The van der Waals surface area contributed by atoms with Crippen LogP contribution < -0.4 is 10.1 Å². The Morgan fingerprint density at radius 2 is 1.78 bits per heavy atom. The highest BCUT2D eigenvalue weighted by Gasteiger charge is 2.30. The molecule has 2 rings (SSSR count). The second-order valence-corrected chi connectivity index (χ2v) is 4.64. The molecule has 1 amide bonds. The largest absolute Gasteiger partial charge is 0.492 e. The zero-order chi connectivity index (χ0) is 16.9. The van der Waals surface area contributed by atoms with Gasteiger partial charge in [-0.1, -0.05) is 6.07 Å². The molecular weight excluding hydrogens is 314 g/mol. The van der Waals surface area contributed by atoms with Crippen LogP contribution in [0.1, 0.15) is 15.9 Å². The predicted octanol–water partition coefficient (Wildman–Crippen LogP) is 3.65. The van der Waals surface area contributed by atoms with Gasteiger partial charge in [0.15, 0.2) is 0 Å². The van der Waals surface area contributed by atoms with E-state index in [1.54, 1.807) is 0 Å². The van der Waals surface area contributed by atoms with Crippen molar-refractivity contribution in [2.45, 2.75) is 6.18 Å². The van der Waals surface area contributed by atoms with Crippen LogP contribution in [-0.4, -0.2) is 19.1 Å². The molecule has 3 nitrogen and oxygen atoms in total. The van der Waals surface area contributed by atoms with Crippen LogP contribution in [0.2, 0.25) is 0 Å². The van der Waals surface area contributed by atoms with Gasteiger partial charge in [0, 0.05) is 5.56 Å². The number of ether oxygens (including phenoxy) is 1. The lowest BCUT2D eigenvalue weighted by molar-refractivity contribution is -0.137. The minimum atomic E-state index is -4.43. The van der Waals surface area contributed by atoms with Crippen LogP contribution in [0.15, 0.2) is 48.5 Å². The number of rotatable bonds is 5. The second-order valence-electron chi connectivity index (χ2n) is 4.64. The fourth-order valence-electron chi connectivity index (χ4n) is 1.80. The Kier molecular flexibility index (Phi) is 5.20. The van der Waals surface area contributed by atoms with Gasteiger partial charge >= 0.3 is 6.18 Å². The summed E-state index contributed by atoms with van der Waals surface area (Å²) in [7, 11) is 0. The Labute approximate surface area is 129 Å². The molecule has 0 aliphatic heterocycles. The third kappa shape index (κ3) is 4.98. The Morgan fingerprint density at radius 3 is 2.43 bits per heavy atom. The van der Waals surface area contributed by atoms with Gasteiger partial charge in [-0.3, -0.25) is 4.79 Å². The van der Waals surface area contributed by atoms with E-state index in [0.29, 0.717) is 0 Å². The summed E-state index contributed by atoms with van der Waals surface area (Å²) >= 11 is 0. The van der Waals surface area contributed by atoms with Gasteiger partial charge < -0.3 is 10.1 Å². The standard InChI is InChI=1S/C16H13F4NO2/c17-13-6-4-11(5-7-13)15(22)21-8-9-23-14-3-1-2-12(10-14)16(18,19)20/h1-7,10H,8-9H2,(H,21,22). The summed E-state index contributed by atoms with van der Waals surface area (Å²) in [5.74, 6) is -0.803. The van der Waals surface area contributed by atoms with Crippen molar-refractivity contribution >= 4 is 5.91 Å². The molecule has 0 atom stereocenters. The molecule has 0 fully saturated rings. The Hall–Kier alpha value is -2.57. The summed E-state index contributed by atoms with van der Waals surface area (Å²) in [6.45, 7) is 0.112. The summed E-state index contributed by atoms with van der Waals surface area (Å²) < 4.78 is 55.5. The van der Waals surface area contributed by atoms with Gasteiger partial charge in [-0.15, -0.1) is 0 Å². The zero-order valence-corrected chi connectivity index (χ0v) is 11.9. The van der Waals surface area contributed by atoms with Crippen LogP contribution in [0.3, 0.4) is 0 Å². The summed E-state index contributed by atoms with van der Waals surface area (Å²) in [4.78, 5) is 11.7. The van der Waals surface area contributed by atoms with E-state index >= 15 is 0 Å². The number of hydrogen-bond acceptors (Lipinski definition) is 2. The maximum absolute atomic E-state index is 12.7. The van der Waals surface area contributed by atoms with Crippen molar-refractivity contribution in [2.24, 2.45) is 0 Å². The third-order valence-corrected chi connectivity index (χ3v) is 2.92. The molecule has 0 heterocycles. The molecule has 0 unspecified atom stereocenters. The highest BCUT2D eigenvalue weighted by atomic mass is 19.4. The summed E-state index contributed by atoms with van der Waals surface area (Å²) in [6.07, 6.45) is -4.43. The van der Waals surface area contributed by atoms with Crippen LogP contribution in [0.5, 0.6) is 5.75 Å². The van der Waals surface area contributed by atoms with E-state index in [2.05, 4.69) is 5.32 Å².